The molecule has 0 saturated carbocycles. The van der Waals surface area contributed by atoms with E-state index in [9.17, 15) is 10.1 Å². The topological polar surface area (TPSA) is 85.5 Å². The molecule has 1 unspecified atom stereocenters. The fourth-order valence-corrected chi connectivity index (χ4v) is 3.65. The molecule has 8 nitrogen and oxygen atoms in total. The van der Waals surface area contributed by atoms with Crippen molar-refractivity contribution in [3.8, 4) is 11.3 Å². The zero-order valence-corrected chi connectivity index (χ0v) is 15.9. The van der Waals surface area contributed by atoms with E-state index in [0.717, 1.165) is 49.6 Å². The Kier molecular flexibility index (Phi) is 6.54. The lowest BCUT2D eigenvalue weighted by molar-refractivity contribution is -0.384. The van der Waals surface area contributed by atoms with Crippen LogP contribution in [-0.2, 0) is 18.3 Å². The second kappa shape index (κ2) is 9.07. The van der Waals surface area contributed by atoms with Crippen molar-refractivity contribution in [3.05, 3.63) is 46.1 Å². The van der Waals surface area contributed by atoms with Gasteiger partial charge in [-0.15, -0.1) is 0 Å². The van der Waals surface area contributed by atoms with Gasteiger partial charge in [0, 0.05) is 69.3 Å². The van der Waals surface area contributed by atoms with Gasteiger partial charge in [-0.1, -0.05) is 0 Å². The highest BCUT2D eigenvalue weighted by molar-refractivity contribution is 5.64. The number of nitrogens with one attached hydrogen (secondary N) is 1. The third kappa shape index (κ3) is 4.91. The fraction of sp³-hybridized carbons (Fsp3) is 0.526. The fourth-order valence-electron chi connectivity index (χ4n) is 3.65. The minimum Gasteiger partial charge on any atom is -0.383 e. The number of nitro benzene ring substituents is 1. The number of hydrogen-bond donors (Lipinski definition) is 1. The molecule has 8 heteroatoms. The standard InChI is InChI=1S/C19H27N5O3/c1-22-14-16(12-20-13-18-4-3-9-23(18)10-11-27-2)19(21-22)15-5-7-17(8-6-15)24(25)26/h5-8,14,18,20H,3-4,9-13H2,1-2H3. The summed E-state index contributed by atoms with van der Waals surface area (Å²) in [5.41, 5.74) is 2.93. The summed E-state index contributed by atoms with van der Waals surface area (Å²) in [4.78, 5) is 12.9. The van der Waals surface area contributed by atoms with Gasteiger partial charge in [-0.05, 0) is 31.5 Å². The van der Waals surface area contributed by atoms with Gasteiger partial charge < -0.3 is 10.1 Å². The van der Waals surface area contributed by atoms with Crippen LogP contribution in [0.1, 0.15) is 18.4 Å². The lowest BCUT2D eigenvalue weighted by Crippen LogP contribution is -2.39. The molecule has 2 aromatic rings. The lowest BCUT2D eigenvalue weighted by Gasteiger charge is -2.24. The van der Waals surface area contributed by atoms with E-state index in [1.807, 2.05) is 13.2 Å². The maximum atomic E-state index is 10.8. The Labute approximate surface area is 159 Å². The first-order chi connectivity index (χ1) is 13.1. The van der Waals surface area contributed by atoms with Gasteiger partial charge in [0.05, 0.1) is 17.2 Å². The van der Waals surface area contributed by atoms with Crippen molar-refractivity contribution in [2.24, 2.45) is 7.05 Å². The first-order valence-electron chi connectivity index (χ1n) is 9.29. The smallest absolute Gasteiger partial charge is 0.269 e. The highest BCUT2D eigenvalue weighted by Crippen LogP contribution is 2.24. The summed E-state index contributed by atoms with van der Waals surface area (Å²) >= 11 is 0. The van der Waals surface area contributed by atoms with Gasteiger partial charge in [-0.25, -0.2) is 0 Å². The summed E-state index contributed by atoms with van der Waals surface area (Å²) in [5.74, 6) is 0. The largest absolute Gasteiger partial charge is 0.383 e. The van der Waals surface area contributed by atoms with Crippen LogP contribution in [0.15, 0.2) is 30.5 Å². The molecule has 1 saturated heterocycles. The molecule has 1 N–H and O–H groups in total. The van der Waals surface area contributed by atoms with Gasteiger partial charge in [-0.2, -0.15) is 5.10 Å². The molecular formula is C19H27N5O3. The second-order valence-electron chi connectivity index (χ2n) is 6.94. The van der Waals surface area contributed by atoms with Crippen LogP contribution in [0.4, 0.5) is 5.69 Å². The number of aromatic nitrogens is 2. The van der Waals surface area contributed by atoms with Crippen LogP contribution in [0, 0.1) is 10.1 Å². The van der Waals surface area contributed by atoms with Gasteiger partial charge in [0.2, 0.25) is 0 Å². The van der Waals surface area contributed by atoms with Crippen molar-refractivity contribution >= 4 is 5.69 Å². The zero-order valence-electron chi connectivity index (χ0n) is 15.9. The first-order valence-corrected chi connectivity index (χ1v) is 9.29. The van der Waals surface area contributed by atoms with Crippen LogP contribution < -0.4 is 5.32 Å². The molecule has 27 heavy (non-hydrogen) atoms. The van der Waals surface area contributed by atoms with E-state index < -0.39 is 0 Å². The number of aryl methyl sites for hydroxylation is 1. The number of nitrogens with zero attached hydrogens (tertiary/aromatic N) is 4. The average Bonchev–Trinajstić information content (AvgIpc) is 3.26. The molecule has 0 aliphatic carbocycles. The van der Waals surface area contributed by atoms with Crippen LogP contribution >= 0.6 is 0 Å². The molecule has 3 rings (SSSR count). The van der Waals surface area contributed by atoms with Crippen molar-refractivity contribution in [1.29, 1.82) is 0 Å². The Morgan fingerprint density at radius 2 is 2.15 bits per heavy atom. The number of benzene rings is 1. The van der Waals surface area contributed by atoms with Crippen LogP contribution in [-0.4, -0.2) is 59.0 Å². The van der Waals surface area contributed by atoms with E-state index >= 15 is 0 Å². The van der Waals surface area contributed by atoms with Gasteiger partial charge in [0.25, 0.3) is 5.69 Å². The molecule has 1 aromatic heterocycles. The summed E-state index contributed by atoms with van der Waals surface area (Å²) in [6.07, 6.45) is 4.44. The monoisotopic (exact) mass is 373 g/mol. The minimum atomic E-state index is -0.387. The number of rotatable bonds is 9. The maximum absolute atomic E-state index is 10.8. The first kappa shape index (κ1) is 19.5. The molecular weight excluding hydrogens is 346 g/mol. The molecule has 0 spiro atoms. The van der Waals surface area contributed by atoms with Gasteiger partial charge >= 0.3 is 0 Å². The minimum absolute atomic E-state index is 0.0896. The number of hydrogen-bond acceptors (Lipinski definition) is 6. The van der Waals surface area contributed by atoms with E-state index in [0.29, 0.717) is 6.04 Å². The number of methoxy groups -OCH3 is 1. The van der Waals surface area contributed by atoms with E-state index in [1.54, 1.807) is 23.9 Å². The van der Waals surface area contributed by atoms with Crippen LogP contribution in [0.25, 0.3) is 11.3 Å². The quantitative estimate of drug-likeness (QED) is 0.536. The van der Waals surface area contributed by atoms with E-state index in [-0.39, 0.29) is 10.6 Å². The molecule has 1 atom stereocenters. The Bertz CT molecular complexity index is 759. The number of nitro groups is 1. The summed E-state index contributed by atoms with van der Waals surface area (Å²) < 4.78 is 6.99. The average molecular weight is 373 g/mol. The third-order valence-corrected chi connectivity index (χ3v) is 5.03. The molecule has 1 aromatic carbocycles. The van der Waals surface area contributed by atoms with Gasteiger partial charge in [-0.3, -0.25) is 19.7 Å². The molecule has 146 valence electrons. The third-order valence-electron chi connectivity index (χ3n) is 5.03. The number of likely N-dealkylation sites (tertiary alicyclic amines) is 1. The summed E-state index contributed by atoms with van der Waals surface area (Å²) in [5, 5.41) is 18.9. The molecule has 1 aliphatic heterocycles. The van der Waals surface area contributed by atoms with Crippen molar-refractivity contribution in [2.45, 2.75) is 25.4 Å². The Morgan fingerprint density at radius 3 is 2.85 bits per heavy atom. The predicted octanol–water partition coefficient (Wildman–Crippen LogP) is 2.20. The summed E-state index contributed by atoms with van der Waals surface area (Å²) in [6.45, 7) is 4.52. The number of ether oxygens (including phenoxy) is 1. The van der Waals surface area contributed by atoms with Crippen molar-refractivity contribution in [2.75, 3.05) is 33.4 Å². The SMILES string of the molecule is COCCN1CCCC1CNCc1cn(C)nc1-c1ccc([N+](=O)[O-])cc1. The highest BCUT2D eigenvalue weighted by Gasteiger charge is 2.23. The summed E-state index contributed by atoms with van der Waals surface area (Å²) in [7, 11) is 3.63. The van der Waals surface area contributed by atoms with Crippen LogP contribution in [0.3, 0.4) is 0 Å². The van der Waals surface area contributed by atoms with E-state index in [4.69, 9.17) is 4.74 Å². The van der Waals surface area contributed by atoms with Crippen LogP contribution in [0.2, 0.25) is 0 Å². The summed E-state index contributed by atoms with van der Waals surface area (Å²) in [6, 6.07) is 7.10. The lowest BCUT2D eigenvalue weighted by atomic mass is 10.1. The van der Waals surface area contributed by atoms with Gasteiger partial charge in [0.1, 0.15) is 0 Å². The normalized spacial score (nSPS) is 17.5. The van der Waals surface area contributed by atoms with Crippen molar-refractivity contribution in [3.63, 3.8) is 0 Å². The molecule has 0 bridgehead atoms. The Morgan fingerprint density at radius 1 is 1.37 bits per heavy atom. The molecule has 1 fully saturated rings. The van der Waals surface area contributed by atoms with Crippen molar-refractivity contribution < 1.29 is 9.66 Å². The maximum Gasteiger partial charge on any atom is 0.269 e. The number of non-ortho nitro benzene ring substituents is 1. The van der Waals surface area contributed by atoms with E-state index in [2.05, 4.69) is 15.3 Å². The Hall–Kier alpha value is -2.29. The molecule has 2 heterocycles. The van der Waals surface area contributed by atoms with Gasteiger partial charge in [0.15, 0.2) is 0 Å². The van der Waals surface area contributed by atoms with E-state index in [1.165, 1.54) is 25.0 Å². The van der Waals surface area contributed by atoms with Crippen molar-refractivity contribution in [1.82, 2.24) is 20.0 Å². The second-order valence-corrected chi connectivity index (χ2v) is 6.94. The Balaban J connectivity index is 1.62. The molecule has 0 radical (unpaired) electrons. The highest BCUT2D eigenvalue weighted by atomic mass is 16.6. The molecule has 1 aliphatic rings. The predicted molar refractivity (Wildman–Crippen MR) is 103 cm³/mol. The van der Waals surface area contributed by atoms with Crippen LogP contribution in [0.5, 0.6) is 0 Å². The molecule has 0 amide bonds. The zero-order chi connectivity index (χ0) is 19.2.